The molecule has 13 nitrogen and oxygen atoms in total. The molecule has 0 unspecified atom stereocenters. The molecule has 0 bridgehead atoms. The Labute approximate surface area is 192 Å². The first kappa shape index (κ1) is 23.3. The van der Waals surface area contributed by atoms with E-state index in [1.165, 1.54) is 32.6 Å². The number of hydrogen-bond acceptors (Lipinski definition) is 11. The molecular weight excluding hydrogens is 452 g/mol. The van der Waals surface area contributed by atoms with Crippen molar-refractivity contribution in [1.82, 2.24) is 14.9 Å². The fourth-order valence-corrected chi connectivity index (χ4v) is 3.20. The molecule has 3 rings (SSSR count). The topological polar surface area (TPSA) is 172 Å². The maximum absolute atomic E-state index is 12.3. The smallest absolute Gasteiger partial charge is 0.270 e. The van der Waals surface area contributed by atoms with Crippen molar-refractivity contribution in [2.45, 2.75) is 5.16 Å². The first-order valence-corrected chi connectivity index (χ1v) is 10.3. The number of ether oxygens (including phenoxy) is 2. The number of benzene rings is 2. The average Bonchev–Trinajstić information content (AvgIpc) is 3.16. The molecule has 0 aliphatic carbocycles. The number of rotatable bonds is 10. The molecule has 33 heavy (non-hydrogen) atoms. The second kappa shape index (κ2) is 10.8. The van der Waals surface area contributed by atoms with Crippen molar-refractivity contribution in [2.75, 3.05) is 36.6 Å². The van der Waals surface area contributed by atoms with E-state index in [9.17, 15) is 14.9 Å². The summed E-state index contributed by atoms with van der Waals surface area (Å²) in [6.45, 7) is 0. The Morgan fingerprint density at radius 2 is 1.97 bits per heavy atom. The van der Waals surface area contributed by atoms with E-state index in [-0.39, 0.29) is 28.5 Å². The summed E-state index contributed by atoms with van der Waals surface area (Å²) < 4.78 is 11.5. The summed E-state index contributed by atoms with van der Waals surface area (Å²) in [5.41, 5.74) is 3.59. The molecule has 0 aliphatic rings. The number of amides is 1. The van der Waals surface area contributed by atoms with Gasteiger partial charge in [0, 0.05) is 41.6 Å². The van der Waals surface area contributed by atoms with E-state index in [0.29, 0.717) is 22.7 Å². The molecule has 172 valence electrons. The normalized spacial score (nSPS) is 10.7. The lowest BCUT2D eigenvalue weighted by molar-refractivity contribution is -0.384. The Bertz CT molecular complexity index is 1160. The molecule has 1 aromatic heterocycles. The monoisotopic (exact) mass is 472 g/mol. The molecule has 1 amide bonds. The van der Waals surface area contributed by atoms with Gasteiger partial charge in [0.15, 0.2) is 0 Å². The lowest BCUT2D eigenvalue weighted by Crippen LogP contribution is -2.17. The Kier molecular flexibility index (Phi) is 7.64. The van der Waals surface area contributed by atoms with Gasteiger partial charge in [-0.2, -0.15) is 5.10 Å². The third-order valence-corrected chi connectivity index (χ3v) is 5.03. The lowest BCUT2D eigenvalue weighted by atomic mass is 10.2. The molecule has 4 N–H and O–H groups in total. The van der Waals surface area contributed by atoms with Crippen molar-refractivity contribution in [2.24, 2.45) is 5.10 Å². The number of methoxy groups -OCH3 is 2. The minimum atomic E-state index is -0.494. The van der Waals surface area contributed by atoms with Crippen molar-refractivity contribution < 1.29 is 19.2 Å². The summed E-state index contributed by atoms with van der Waals surface area (Å²) in [5.74, 6) is 6.87. The quantitative estimate of drug-likeness (QED) is 0.130. The summed E-state index contributed by atoms with van der Waals surface area (Å²) >= 11 is 1.07. The zero-order valence-corrected chi connectivity index (χ0v) is 18.4. The van der Waals surface area contributed by atoms with Crippen LogP contribution in [0.15, 0.2) is 52.7 Å². The Hall–Kier alpha value is -4.33. The number of nitrogens with one attached hydrogen (secondary N) is 2. The van der Waals surface area contributed by atoms with Gasteiger partial charge in [0.25, 0.3) is 11.6 Å². The van der Waals surface area contributed by atoms with Crippen molar-refractivity contribution in [3.8, 4) is 11.5 Å². The van der Waals surface area contributed by atoms with Crippen LogP contribution in [0.25, 0.3) is 0 Å². The number of anilines is 2. The number of hydrogen-bond donors (Lipinski definition) is 3. The summed E-state index contributed by atoms with van der Waals surface area (Å²) in [6.07, 6.45) is 1.38. The average molecular weight is 472 g/mol. The minimum absolute atomic E-state index is 0.0197. The second-order valence-electron chi connectivity index (χ2n) is 6.34. The van der Waals surface area contributed by atoms with E-state index in [1.807, 2.05) is 0 Å². The standard InChI is InChI=1S/C19H20N8O5S/c1-31-15-7-13(8-16(9-15)32-2)22-17(28)11-33-19-25-24-18(26(19)20)23-21-10-12-4-3-5-14(6-12)27(29)30/h3-10H,11,20H2,1-2H3,(H,22,28)(H,23,24)/b21-10+. The van der Waals surface area contributed by atoms with Gasteiger partial charge in [0.1, 0.15) is 11.5 Å². The molecule has 2 aromatic carbocycles. The highest BCUT2D eigenvalue weighted by Gasteiger charge is 2.13. The summed E-state index contributed by atoms with van der Waals surface area (Å²) in [7, 11) is 3.04. The third-order valence-electron chi connectivity index (χ3n) is 4.09. The van der Waals surface area contributed by atoms with Gasteiger partial charge in [-0.25, -0.2) is 10.1 Å². The molecule has 14 heteroatoms. The number of nitrogens with zero attached hydrogens (tertiary/aromatic N) is 5. The van der Waals surface area contributed by atoms with Crippen LogP contribution in [-0.2, 0) is 4.79 Å². The molecule has 0 atom stereocenters. The van der Waals surface area contributed by atoms with Crippen LogP contribution >= 0.6 is 11.8 Å². The minimum Gasteiger partial charge on any atom is -0.497 e. The highest BCUT2D eigenvalue weighted by Crippen LogP contribution is 2.26. The number of nitrogens with two attached hydrogens (primary N) is 1. The van der Waals surface area contributed by atoms with Gasteiger partial charge < -0.3 is 20.6 Å². The van der Waals surface area contributed by atoms with E-state index in [4.69, 9.17) is 15.3 Å². The Morgan fingerprint density at radius 3 is 2.64 bits per heavy atom. The lowest BCUT2D eigenvalue weighted by Gasteiger charge is -2.09. The number of nitro groups is 1. The van der Waals surface area contributed by atoms with E-state index in [0.717, 1.165) is 16.4 Å². The van der Waals surface area contributed by atoms with Crippen LogP contribution in [0.5, 0.6) is 11.5 Å². The Morgan fingerprint density at radius 1 is 1.24 bits per heavy atom. The first-order valence-electron chi connectivity index (χ1n) is 9.29. The third kappa shape index (κ3) is 6.33. The van der Waals surface area contributed by atoms with E-state index in [2.05, 4.69) is 26.0 Å². The second-order valence-corrected chi connectivity index (χ2v) is 7.28. The van der Waals surface area contributed by atoms with Gasteiger partial charge in [0.05, 0.1) is 31.1 Å². The number of hydrazone groups is 1. The Balaban J connectivity index is 1.56. The van der Waals surface area contributed by atoms with Crippen LogP contribution in [0.3, 0.4) is 0 Å². The van der Waals surface area contributed by atoms with Crippen LogP contribution in [0, 0.1) is 10.1 Å². The van der Waals surface area contributed by atoms with Gasteiger partial charge in [-0.1, -0.05) is 23.9 Å². The summed E-state index contributed by atoms with van der Waals surface area (Å²) in [6, 6.07) is 11.0. The zero-order valence-electron chi connectivity index (χ0n) is 17.6. The van der Waals surface area contributed by atoms with E-state index < -0.39 is 4.92 Å². The number of nitro benzene ring substituents is 1. The molecule has 0 fully saturated rings. The zero-order chi connectivity index (χ0) is 23.8. The SMILES string of the molecule is COc1cc(NC(=O)CSc2nnc(N/N=C/c3cccc([N+](=O)[O-])c3)n2N)cc(OC)c1. The largest absolute Gasteiger partial charge is 0.497 e. The highest BCUT2D eigenvalue weighted by atomic mass is 32.2. The van der Waals surface area contributed by atoms with Gasteiger partial charge in [-0.15, -0.1) is 10.2 Å². The van der Waals surface area contributed by atoms with Crippen LogP contribution < -0.4 is 26.1 Å². The molecule has 3 aromatic rings. The predicted molar refractivity (Wildman–Crippen MR) is 123 cm³/mol. The van der Waals surface area contributed by atoms with Crippen LogP contribution in [0.2, 0.25) is 0 Å². The predicted octanol–water partition coefficient (Wildman–Crippen LogP) is 2.09. The molecule has 1 heterocycles. The number of carbonyl (C=O) groups excluding carboxylic acids is 1. The van der Waals surface area contributed by atoms with Crippen molar-refractivity contribution in [3.05, 3.63) is 58.1 Å². The van der Waals surface area contributed by atoms with Gasteiger partial charge in [-0.3, -0.25) is 14.9 Å². The van der Waals surface area contributed by atoms with E-state index >= 15 is 0 Å². The van der Waals surface area contributed by atoms with Crippen molar-refractivity contribution in [1.29, 1.82) is 0 Å². The van der Waals surface area contributed by atoms with Crippen LogP contribution in [0.1, 0.15) is 5.56 Å². The molecule has 0 saturated carbocycles. The maximum Gasteiger partial charge on any atom is 0.270 e. The van der Waals surface area contributed by atoms with Crippen LogP contribution in [-0.4, -0.2) is 51.9 Å². The van der Waals surface area contributed by atoms with Crippen LogP contribution in [0.4, 0.5) is 17.3 Å². The molecule has 0 saturated heterocycles. The number of thioether (sulfide) groups is 1. The van der Waals surface area contributed by atoms with Crippen molar-refractivity contribution in [3.63, 3.8) is 0 Å². The fourth-order valence-electron chi connectivity index (χ4n) is 2.54. The number of nitrogen functional groups attached to an aromatic ring is 1. The molecular formula is C19H20N8O5S. The summed E-state index contributed by atoms with van der Waals surface area (Å²) in [5, 5.41) is 25.6. The molecule has 0 aliphatic heterocycles. The maximum atomic E-state index is 12.3. The molecule has 0 radical (unpaired) electrons. The van der Waals surface area contributed by atoms with Gasteiger partial charge in [0.2, 0.25) is 11.1 Å². The van der Waals surface area contributed by atoms with Crippen molar-refractivity contribution >= 4 is 41.2 Å². The summed E-state index contributed by atoms with van der Waals surface area (Å²) in [4.78, 5) is 22.6. The number of non-ortho nitro benzene ring substituents is 1. The van der Waals surface area contributed by atoms with Gasteiger partial charge >= 0.3 is 0 Å². The van der Waals surface area contributed by atoms with Gasteiger partial charge in [-0.05, 0) is 0 Å². The first-order chi connectivity index (χ1) is 15.9. The number of carbonyl (C=O) groups is 1. The molecule has 0 spiro atoms. The fraction of sp³-hybridized carbons (Fsp3) is 0.158. The van der Waals surface area contributed by atoms with E-state index in [1.54, 1.807) is 30.3 Å². The highest BCUT2D eigenvalue weighted by molar-refractivity contribution is 7.99. The number of aromatic nitrogens is 3.